The molecule has 1 aliphatic carbocycles. The Bertz CT molecular complexity index is 357. The van der Waals surface area contributed by atoms with Gasteiger partial charge in [0.05, 0.1) is 0 Å². The molecule has 1 heterocycles. The van der Waals surface area contributed by atoms with Crippen LogP contribution in [-0.2, 0) is 0 Å². The van der Waals surface area contributed by atoms with Gasteiger partial charge < -0.3 is 11.1 Å². The molecule has 0 spiro atoms. The Morgan fingerprint density at radius 2 is 2.27 bits per heavy atom. The van der Waals surface area contributed by atoms with Crippen LogP contribution in [-0.4, -0.2) is 16.0 Å². The van der Waals surface area contributed by atoms with Gasteiger partial charge in [-0.1, -0.05) is 12.2 Å². The average Bonchev–Trinajstić information content (AvgIpc) is 2.17. The van der Waals surface area contributed by atoms with Crippen molar-refractivity contribution < 1.29 is 0 Å². The SMILES string of the molecule is Nc1cc(Br)nc(NC2CC=CCC2)n1. The van der Waals surface area contributed by atoms with Crippen molar-refractivity contribution in [2.45, 2.75) is 25.3 Å². The van der Waals surface area contributed by atoms with Crippen molar-refractivity contribution in [2.75, 3.05) is 11.1 Å². The van der Waals surface area contributed by atoms with E-state index >= 15 is 0 Å². The fourth-order valence-electron chi connectivity index (χ4n) is 1.61. The first-order valence-corrected chi connectivity index (χ1v) is 5.75. The Hall–Kier alpha value is -1.10. The maximum absolute atomic E-state index is 5.63. The van der Waals surface area contributed by atoms with Crippen molar-refractivity contribution in [3.8, 4) is 0 Å². The number of aromatic nitrogens is 2. The monoisotopic (exact) mass is 268 g/mol. The van der Waals surface area contributed by atoms with Crippen LogP contribution >= 0.6 is 15.9 Å². The number of nitrogens with one attached hydrogen (secondary N) is 1. The summed E-state index contributed by atoms with van der Waals surface area (Å²) < 4.78 is 0.712. The van der Waals surface area contributed by atoms with Gasteiger partial charge in [-0.05, 0) is 35.2 Å². The second-order valence-electron chi connectivity index (χ2n) is 3.56. The molecule has 2 rings (SSSR count). The number of nitrogen functional groups attached to an aromatic ring is 1. The topological polar surface area (TPSA) is 63.8 Å². The Labute approximate surface area is 97.1 Å². The van der Waals surface area contributed by atoms with Crippen LogP contribution in [0.25, 0.3) is 0 Å². The smallest absolute Gasteiger partial charge is 0.225 e. The van der Waals surface area contributed by atoms with Gasteiger partial charge in [-0.25, -0.2) is 4.98 Å². The molecule has 5 heteroatoms. The summed E-state index contributed by atoms with van der Waals surface area (Å²) in [6.07, 6.45) is 7.64. The molecule has 0 saturated carbocycles. The van der Waals surface area contributed by atoms with Crippen LogP contribution in [0, 0.1) is 0 Å². The molecule has 1 aliphatic rings. The van der Waals surface area contributed by atoms with E-state index in [1.54, 1.807) is 6.07 Å². The number of allylic oxidation sites excluding steroid dienone is 1. The highest BCUT2D eigenvalue weighted by Crippen LogP contribution is 2.17. The van der Waals surface area contributed by atoms with Gasteiger partial charge in [0, 0.05) is 12.1 Å². The molecule has 0 saturated heterocycles. The quantitative estimate of drug-likeness (QED) is 0.639. The third kappa shape index (κ3) is 2.92. The fraction of sp³-hybridized carbons (Fsp3) is 0.400. The van der Waals surface area contributed by atoms with E-state index < -0.39 is 0 Å². The van der Waals surface area contributed by atoms with Gasteiger partial charge in [-0.15, -0.1) is 0 Å². The summed E-state index contributed by atoms with van der Waals surface area (Å²) in [6, 6.07) is 2.11. The Balaban J connectivity index is 2.06. The van der Waals surface area contributed by atoms with E-state index in [0.29, 0.717) is 22.4 Å². The van der Waals surface area contributed by atoms with Gasteiger partial charge in [-0.3, -0.25) is 0 Å². The van der Waals surface area contributed by atoms with Gasteiger partial charge >= 0.3 is 0 Å². The highest BCUT2D eigenvalue weighted by atomic mass is 79.9. The molecular formula is C10H13BrN4. The number of hydrogen-bond donors (Lipinski definition) is 2. The molecule has 0 bridgehead atoms. The number of hydrogen-bond acceptors (Lipinski definition) is 4. The van der Waals surface area contributed by atoms with Gasteiger partial charge in [0.1, 0.15) is 10.4 Å². The van der Waals surface area contributed by atoms with Gasteiger partial charge in [-0.2, -0.15) is 4.98 Å². The number of nitrogens with two attached hydrogens (primary N) is 1. The van der Waals surface area contributed by atoms with Gasteiger partial charge in [0.15, 0.2) is 0 Å². The summed E-state index contributed by atoms with van der Waals surface area (Å²) in [5.41, 5.74) is 5.63. The predicted molar refractivity (Wildman–Crippen MR) is 64.5 cm³/mol. The molecule has 80 valence electrons. The largest absolute Gasteiger partial charge is 0.383 e. The Morgan fingerprint density at radius 1 is 1.40 bits per heavy atom. The van der Waals surface area contributed by atoms with Crippen molar-refractivity contribution in [3.05, 3.63) is 22.8 Å². The minimum absolute atomic E-state index is 0.420. The van der Waals surface area contributed by atoms with Crippen LogP contribution < -0.4 is 11.1 Å². The van der Waals surface area contributed by atoms with Crippen LogP contribution in [0.4, 0.5) is 11.8 Å². The van der Waals surface area contributed by atoms with Crippen LogP contribution in [0.5, 0.6) is 0 Å². The molecule has 0 fully saturated rings. The lowest BCUT2D eigenvalue weighted by Crippen LogP contribution is -2.21. The van der Waals surface area contributed by atoms with Crippen molar-refractivity contribution >= 4 is 27.7 Å². The molecule has 1 unspecified atom stereocenters. The molecule has 0 aromatic carbocycles. The highest BCUT2D eigenvalue weighted by Gasteiger charge is 2.11. The molecule has 4 nitrogen and oxygen atoms in total. The molecule has 0 aliphatic heterocycles. The second-order valence-corrected chi connectivity index (χ2v) is 4.38. The van der Waals surface area contributed by atoms with Crippen LogP contribution in [0.3, 0.4) is 0 Å². The number of nitrogens with zero attached hydrogens (tertiary/aromatic N) is 2. The standard InChI is InChI=1S/C10H13BrN4/c11-8-6-9(12)15-10(14-8)13-7-4-2-1-3-5-7/h1-2,6-7H,3-5H2,(H3,12,13,14,15). The number of halogens is 1. The van der Waals surface area contributed by atoms with Crippen molar-refractivity contribution in [1.29, 1.82) is 0 Å². The third-order valence-corrected chi connectivity index (χ3v) is 2.72. The van der Waals surface area contributed by atoms with E-state index in [0.717, 1.165) is 19.3 Å². The minimum atomic E-state index is 0.420. The molecule has 0 radical (unpaired) electrons. The van der Waals surface area contributed by atoms with E-state index in [9.17, 15) is 0 Å². The summed E-state index contributed by atoms with van der Waals surface area (Å²) in [4.78, 5) is 8.35. The van der Waals surface area contributed by atoms with Crippen LogP contribution in [0.15, 0.2) is 22.8 Å². The predicted octanol–water partition coefficient (Wildman–Crippen LogP) is 2.34. The van der Waals surface area contributed by atoms with Gasteiger partial charge in [0.25, 0.3) is 0 Å². The number of rotatable bonds is 2. The Morgan fingerprint density at radius 3 is 2.93 bits per heavy atom. The van der Waals surface area contributed by atoms with Gasteiger partial charge in [0.2, 0.25) is 5.95 Å². The van der Waals surface area contributed by atoms with Crippen molar-refractivity contribution in [2.24, 2.45) is 0 Å². The lowest BCUT2D eigenvalue weighted by molar-refractivity contribution is 0.639. The lowest BCUT2D eigenvalue weighted by atomic mass is 10.0. The van der Waals surface area contributed by atoms with Crippen LogP contribution in [0.1, 0.15) is 19.3 Å². The molecule has 3 N–H and O–H groups in total. The average molecular weight is 269 g/mol. The summed E-state index contributed by atoms with van der Waals surface area (Å²) in [7, 11) is 0. The summed E-state index contributed by atoms with van der Waals surface area (Å²) in [5, 5.41) is 3.28. The van der Waals surface area contributed by atoms with Crippen molar-refractivity contribution in [3.63, 3.8) is 0 Å². The summed E-state index contributed by atoms with van der Waals surface area (Å²) in [6.45, 7) is 0. The minimum Gasteiger partial charge on any atom is -0.383 e. The fourth-order valence-corrected chi connectivity index (χ4v) is 2.01. The summed E-state index contributed by atoms with van der Waals surface area (Å²) in [5.74, 6) is 1.08. The van der Waals surface area contributed by atoms with E-state index in [1.165, 1.54) is 0 Å². The first-order chi connectivity index (χ1) is 7.24. The molecule has 0 amide bonds. The maximum atomic E-state index is 5.63. The normalized spacial score (nSPS) is 20.2. The molecule has 1 atom stereocenters. The van der Waals surface area contributed by atoms with Crippen LogP contribution in [0.2, 0.25) is 0 Å². The van der Waals surface area contributed by atoms with E-state index in [2.05, 4.69) is 43.4 Å². The molecule has 1 aromatic heterocycles. The van der Waals surface area contributed by atoms with E-state index in [1.807, 2.05) is 0 Å². The third-order valence-electron chi connectivity index (χ3n) is 2.32. The lowest BCUT2D eigenvalue weighted by Gasteiger charge is -2.19. The molecular weight excluding hydrogens is 256 g/mol. The maximum Gasteiger partial charge on any atom is 0.225 e. The molecule has 1 aromatic rings. The number of anilines is 2. The molecule has 15 heavy (non-hydrogen) atoms. The zero-order valence-corrected chi connectivity index (χ0v) is 9.87. The zero-order chi connectivity index (χ0) is 10.7. The van der Waals surface area contributed by atoms with Crippen molar-refractivity contribution in [1.82, 2.24) is 9.97 Å². The highest BCUT2D eigenvalue weighted by molar-refractivity contribution is 9.10. The zero-order valence-electron chi connectivity index (χ0n) is 8.28. The second kappa shape index (κ2) is 4.61. The van der Waals surface area contributed by atoms with E-state index in [4.69, 9.17) is 5.73 Å². The Kier molecular flexibility index (Phi) is 3.20. The first kappa shape index (κ1) is 10.4. The van der Waals surface area contributed by atoms with E-state index in [-0.39, 0.29) is 0 Å². The first-order valence-electron chi connectivity index (χ1n) is 4.95. The summed E-state index contributed by atoms with van der Waals surface area (Å²) >= 11 is 3.29.